The highest BCUT2D eigenvalue weighted by Crippen LogP contribution is 2.14. The minimum Gasteiger partial charge on any atom is -0.474 e. The Labute approximate surface area is 72.2 Å². The molecule has 3 heteroatoms. The lowest BCUT2D eigenvalue weighted by Crippen LogP contribution is -2.01. The first-order chi connectivity index (χ1) is 5.11. The van der Waals surface area contributed by atoms with Crippen molar-refractivity contribution in [1.29, 1.82) is 0 Å². The van der Waals surface area contributed by atoms with Crippen molar-refractivity contribution in [1.82, 2.24) is 0 Å². The van der Waals surface area contributed by atoms with E-state index in [0.717, 1.165) is 0 Å². The number of ether oxygens (including phenoxy) is 1. The number of rotatable bonds is 4. The highest BCUT2D eigenvalue weighted by atomic mass is 35.5. The van der Waals surface area contributed by atoms with Crippen LogP contribution in [0.2, 0.25) is 0 Å². The molecule has 0 spiro atoms. The molecule has 0 bridgehead atoms. The Kier molecular flexibility index (Phi) is 4.62. The molecule has 0 amide bonds. The smallest absolute Gasteiger partial charge is 0.232 e. The third-order valence-electron chi connectivity index (χ3n) is 0.874. The van der Waals surface area contributed by atoms with Gasteiger partial charge in [-0.1, -0.05) is 18.2 Å². The number of hydrogen-bond acceptors (Lipinski definition) is 2. The Morgan fingerprint density at radius 2 is 2.18 bits per heavy atom. The number of nitrogens with zero attached hydrogens (tertiary/aromatic N) is 1. The van der Waals surface area contributed by atoms with Gasteiger partial charge in [0.15, 0.2) is 0 Å². The Morgan fingerprint density at radius 3 is 2.45 bits per heavy atom. The summed E-state index contributed by atoms with van der Waals surface area (Å²) in [6.07, 6.45) is 1.51. The molecule has 0 unspecified atom stereocenters. The molecule has 0 heterocycles. The van der Waals surface area contributed by atoms with E-state index in [-0.39, 0.29) is 6.10 Å². The normalized spacial score (nSPS) is 12.4. The molecular formula is C8H12ClNO. The largest absolute Gasteiger partial charge is 0.474 e. The molecule has 0 atom stereocenters. The molecule has 0 rings (SSSR count). The predicted octanol–water partition coefficient (Wildman–Crippen LogP) is 2.71. The second kappa shape index (κ2) is 4.97. The van der Waals surface area contributed by atoms with Gasteiger partial charge in [0.05, 0.1) is 6.10 Å². The van der Waals surface area contributed by atoms with Crippen LogP contribution in [0.15, 0.2) is 28.6 Å². The van der Waals surface area contributed by atoms with Gasteiger partial charge in [0, 0.05) is 0 Å². The molecule has 0 aliphatic rings. The molecule has 11 heavy (non-hydrogen) atoms. The number of allylic oxidation sites excluding steroid dienone is 2. The summed E-state index contributed by atoms with van der Waals surface area (Å²) in [5, 5.41) is 0.383. The Bertz CT molecular complexity index is 185. The van der Waals surface area contributed by atoms with Crippen LogP contribution < -0.4 is 0 Å². The van der Waals surface area contributed by atoms with E-state index in [2.05, 4.69) is 18.3 Å². The lowest BCUT2D eigenvalue weighted by atomic mass is 10.5. The summed E-state index contributed by atoms with van der Waals surface area (Å²) >= 11 is 5.68. The van der Waals surface area contributed by atoms with Crippen molar-refractivity contribution in [3.8, 4) is 0 Å². The van der Waals surface area contributed by atoms with E-state index in [0.29, 0.717) is 10.9 Å². The zero-order valence-corrected chi connectivity index (χ0v) is 7.56. The van der Waals surface area contributed by atoms with Crippen LogP contribution in [0.4, 0.5) is 0 Å². The average molecular weight is 174 g/mol. The van der Waals surface area contributed by atoms with Gasteiger partial charge in [-0.15, -0.1) is 0 Å². The topological polar surface area (TPSA) is 21.6 Å². The standard InChI is InChI=1S/C8H12ClNO/c1-5-7(9)8(10-4)11-6(2)3/h5-6H,1,4H2,2-3H3/b8-7-. The fourth-order valence-corrected chi connectivity index (χ4v) is 0.584. The fraction of sp³-hybridized carbons (Fsp3) is 0.375. The molecule has 0 aromatic rings. The van der Waals surface area contributed by atoms with E-state index in [4.69, 9.17) is 16.3 Å². The van der Waals surface area contributed by atoms with Gasteiger partial charge in [-0.25, -0.2) is 4.99 Å². The molecule has 0 aromatic heterocycles. The van der Waals surface area contributed by atoms with Crippen LogP contribution in [0.25, 0.3) is 0 Å². The Hall–Kier alpha value is -0.760. The minimum absolute atomic E-state index is 0.0456. The highest BCUT2D eigenvalue weighted by molar-refractivity contribution is 6.31. The summed E-state index contributed by atoms with van der Waals surface area (Å²) < 4.78 is 5.20. The van der Waals surface area contributed by atoms with Gasteiger partial charge in [-0.2, -0.15) is 0 Å². The summed E-state index contributed by atoms with van der Waals surface area (Å²) in [5.41, 5.74) is 0. The maximum Gasteiger partial charge on any atom is 0.232 e. The van der Waals surface area contributed by atoms with E-state index >= 15 is 0 Å². The summed E-state index contributed by atoms with van der Waals surface area (Å²) in [4.78, 5) is 3.60. The molecule has 0 saturated carbocycles. The summed E-state index contributed by atoms with van der Waals surface area (Å²) in [5.74, 6) is 0.330. The average Bonchev–Trinajstić information content (AvgIpc) is 1.98. The van der Waals surface area contributed by atoms with Gasteiger partial charge in [0.25, 0.3) is 0 Å². The third-order valence-corrected chi connectivity index (χ3v) is 1.19. The maximum atomic E-state index is 5.68. The van der Waals surface area contributed by atoms with E-state index in [1.165, 1.54) is 6.08 Å². The Balaban J connectivity index is 4.38. The van der Waals surface area contributed by atoms with Gasteiger partial charge < -0.3 is 4.74 Å². The molecular weight excluding hydrogens is 162 g/mol. The molecule has 0 aliphatic carbocycles. The van der Waals surface area contributed by atoms with Crippen molar-refractivity contribution in [2.24, 2.45) is 4.99 Å². The van der Waals surface area contributed by atoms with Crippen LogP contribution >= 0.6 is 11.6 Å². The van der Waals surface area contributed by atoms with Crippen molar-refractivity contribution in [3.05, 3.63) is 23.6 Å². The zero-order valence-electron chi connectivity index (χ0n) is 6.80. The van der Waals surface area contributed by atoms with Gasteiger partial charge in [0.1, 0.15) is 5.03 Å². The molecule has 0 saturated heterocycles. The second-order valence-electron chi connectivity index (χ2n) is 2.18. The molecule has 62 valence electrons. The predicted molar refractivity (Wildman–Crippen MR) is 48.8 cm³/mol. The molecule has 0 fully saturated rings. The van der Waals surface area contributed by atoms with Crippen LogP contribution in [0.3, 0.4) is 0 Å². The van der Waals surface area contributed by atoms with Crippen LogP contribution in [0, 0.1) is 0 Å². The van der Waals surface area contributed by atoms with Crippen LogP contribution in [-0.4, -0.2) is 12.8 Å². The van der Waals surface area contributed by atoms with Crippen LogP contribution in [-0.2, 0) is 4.74 Å². The van der Waals surface area contributed by atoms with E-state index < -0.39 is 0 Å². The molecule has 2 nitrogen and oxygen atoms in total. The van der Waals surface area contributed by atoms with Gasteiger partial charge in [0.2, 0.25) is 5.88 Å². The monoisotopic (exact) mass is 173 g/mol. The number of hydrogen-bond donors (Lipinski definition) is 0. The van der Waals surface area contributed by atoms with E-state index in [1.807, 2.05) is 13.8 Å². The third kappa shape index (κ3) is 3.83. The van der Waals surface area contributed by atoms with Crippen LogP contribution in [0.1, 0.15) is 13.8 Å². The summed E-state index contributed by atoms with van der Waals surface area (Å²) in [6.45, 7) is 10.6. The molecule has 0 radical (unpaired) electrons. The zero-order chi connectivity index (χ0) is 8.85. The van der Waals surface area contributed by atoms with Crippen LogP contribution in [0.5, 0.6) is 0 Å². The van der Waals surface area contributed by atoms with E-state index in [1.54, 1.807) is 0 Å². The van der Waals surface area contributed by atoms with Crippen molar-refractivity contribution in [2.75, 3.05) is 0 Å². The first kappa shape index (κ1) is 10.2. The molecule has 0 aromatic carbocycles. The SMILES string of the molecule is C=C/C(Cl)=C(\N=C)OC(C)C. The minimum atomic E-state index is 0.0456. The van der Waals surface area contributed by atoms with Crippen molar-refractivity contribution < 1.29 is 4.74 Å². The van der Waals surface area contributed by atoms with Crippen molar-refractivity contribution in [3.63, 3.8) is 0 Å². The number of aliphatic imine (C=N–C) groups is 1. The molecule has 0 N–H and O–H groups in total. The first-order valence-corrected chi connectivity index (χ1v) is 3.65. The molecule has 0 aliphatic heterocycles. The van der Waals surface area contributed by atoms with Gasteiger partial charge >= 0.3 is 0 Å². The van der Waals surface area contributed by atoms with Crippen molar-refractivity contribution in [2.45, 2.75) is 20.0 Å². The Morgan fingerprint density at radius 1 is 1.64 bits per heavy atom. The lowest BCUT2D eigenvalue weighted by molar-refractivity contribution is 0.145. The van der Waals surface area contributed by atoms with Crippen molar-refractivity contribution >= 4 is 18.3 Å². The second-order valence-corrected chi connectivity index (χ2v) is 2.59. The van der Waals surface area contributed by atoms with E-state index in [9.17, 15) is 0 Å². The lowest BCUT2D eigenvalue weighted by Gasteiger charge is -2.09. The quantitative estimate of drug-likeness (QED) is 0.364. The first-order valence-electron chi connectivity index (χ1n) is 3.27. The maximum absolute atomic E-state index is 5.68. The highest BCUT2D eigenvalue weighted by Gasteiger charge is 2.02. The fourth-order valence-electron chi connectivity index (χ4n) is 0.480. The summed E-state index contributed by atoms with van der Waals surface area (Å²) in [7, 11) is 0. The number of halogens is 1. The van der Waals surface area contributed by atoms with Gasteiger partial charge in [-0.05, 0) is 26.6 Å². The summed E-state index contributed by atoms with van der Waals surface area (Å²) in [6, 6.07) is 0. The van der Waals surface area contributed by atoms with Gasteiger partial charge in [-0.3, -0.25) is 0 Å².